The highest BCUT2D eigenvalue weighted by molar-refractivity contribution is 5.88. The molecule has 110 valence electrons. The van der Waals surface area contributed by atoms with Gasteiger partial charge < -0.3 is 9.73 Å². The van der Waals surface area contributed by atoms with E-state index >= 15 is 0 Å². The Labute approximate surface area is 122 Å². The van der Waals surface area contributed by atoms with E-state index in [4.69, 9.17) is 4.42 Å². The second-order valence-electron chi connectivity index (χ2n) is 6.52. The van der Waals surface area contributed by atoms with E-state index in [1.165, 1.54) is 22.1 Å². The first kappa shape index (κ1) is 15.1. The van der Waals surface area contributed by atoms with Gasteiger partial charge in [-0.15, -0.1) is 0 Å². The zero-order valence-electron chi connectivity index (χ0n) is 13.6. The Morgan fingerprint density at radius 3 is 2.30 bits per heavy atom. The molecule has 0 unspecified atom stereocenters. The minimum atomic E-state index is 0.479. The van der Waals surface area contributed by atoms with Crippen molar-refractivity contribution in [2.45, 2.75) is 54.0 Å². The molecule has 2 nitrogen and oxygen atoms in total. The van der Waals surface area contributed by atoms with Gasteiger partial charge in [0.2, 0.25) is 0 Å². The molecule has 1 aromatic carbocycles. The van der Waals surface area contributed by atoms with Crippen LogP contribution in [-0.2, 0) is 6.54 Å². The monoisotopic (exact) mass is 273 g/mol. The van der Waals surface area contributed by atoms with Crippen LogP contribution in [0.3, 0.4) is 0 Å². The average Bonchev–Trinajstić information content (AvgIpc) is 2.74. The molecule has 2 aromatic rings. The highest BCUT2D eigenvalue weighted by Gasteiger charge is 2.19. The maximum atomic E-state index is 6.19. The van der Waals surface area contributed by atoms with E-state index in [0.29, 0.717) is 11.8 Å². The summed E-state index contributed by atoms with van der Waals surface area (Å²) in [5.74, 6) is 2.24. The molecule has 2 rings (SSSR count). The summed E-state index contributed by atoms with van der Waals surface area (Å²) in [7, 11) is 0. The van der Waals surface area contributed by atoms with Gasteiger partial charge >= 0.3 is 0 Å². The van der Waals surface area contributed by atoms with Crippen molar-refractivity contribution in [1.29, 1.82) is 0 Å². The summed E-state index contributed by atoms with van der Waals surface area (Å²) in [6.45, 7) is 15.1. The molecule has 0 spiro atoms. The van der Waals surface area contributed by atoms with Crippen LogP contribution in [0.4, 0.5) is 0 Å². The topological polar surface area (TPSA) is 25.2 Å². The molecule has 0 atom stereocenters. The molecule has 0 aliphatic heterocycles. The summed E-state index contributed by atoms with van der Waals surface area (Å²) in [5, 5.41) is 4.82. The number of benzene rings is 1. The van der Waals surface area contributed by atoms with Crippen LogP contribution in [0.1, 0.15) is 56.1 Å². The molecule has 1 aromatic heterocycles. The van der Waals surface area contributed by atoms with Crippen molar-refractivity contribution < 1.29 is 4.42 Å². The molecule has 0 aliphatic rings. The van der Waals surface area contributed by atoms with E-state index < -0.39 is 0 Å². The van der Waals surface area contributed by atoms with Crippen molar-refractivity contribution in [3.8, 4) is 0 Å². The number of hydrogen-bond donors (Lipinski definition) is 1. The number of hydrogen-bond acceptors (Lipinski definition) is 2. The Bertz CT molecular complexity index is 593. The summed E-state index contributed by atoms with van der Waals surface area (Å²) in [4.78, 5) is 0. The Balaban J connectivity index is 2.46. The maximum Gasteiger partial charge on any atom is 0.137 e. The second kappa shape index (κ2) is 6.01. The SMILES string of the molecule is Cc1ccc(C)c2c(C(C)C)c(CNCC(C)C)oc12. The quantitative estimate of drug-likeness (QED) is 0.836. The highest BCUT2D eigenvalue weighted by Crippen LogP contribution is 2.35. The Hall–Kier alpha value is -1.28. The Morgan fingerprint density at radius 2 is 1.70 bits per heavy atom. The summed E-state index contributed by atoms with van der Waals surface area (Å²) >= 11 is 0. The van der Waals surface area contributed by atoms with Crippen LogP contribution in [0.2, 0.25) is 0 Å². The predicted octanol–water partition coefficient (Wildman–Crippen LogP) is 4.92. The van der Waals surface area contributed by atoms with Gasteiger partial charge in [-0.25, -0.2) is 0 Å². The molecular weight excluding hydrogens is 246 g/mol. The first-order chi connectivity index (χ1) is 9.41. The lowest BCUT2D eigenvalue weighted by molar-refractivity contribution is 0.478. The summed E-state index contributed by atoms with van der Waals surface area (Å²) in [5.41, 5.74) is 4.98. The first-order valence-electron chi connectivity index (χ1n) is 7.64. The molecule has 1 N–H and O–H groups in total. The van der Waals surface area contributed by atoms with Gasteiger partial charge in [0.25, 0.3) is 0 Å². The van der Waals surface area contributed by atoms with E-state index in [1.807, 2.05) is 0 Å². The molecule has 0 saturated carbocycles. The van der Waals surface area contributed by atoms with Crippen LogP contribution in [0.5, 0.6) is 0 Å². The molecule has 1 heterocycles. The third-order valence-electron chi connectivity index (χ3n) is 3.77. The Morgan fingerprint density at radius 1 is 1.05 bits per heavy atom. The zero-order chi connectivity index (χ0) is 14.9. The molecule has 0 aliphatic carbocycles. The largest absolute Gasteiger partial charge is 0.459 e. The normalized spacial score (nSPS) is 12.0. The van der Waals surface area contributed by atoms with Gasteiger partial charge in [-0.2, -0.15) is 0 Å². The number of aryl methyl sites for hydroxylation is 2. The van der Waals surface area contributed by atoms with Crippen molar-refractivity contribution in [3.05, 3.63) is 34.6 Å². The van der Waals surface area contributed by atoms with Crippen molar-refractivity contribution in [1.82, 2.24) is 5.32 Å². The summed E-state index contributed by atoms with van der Waals surface area (Å²) in [6.07, 6.45) is 0. The average molecular weight is 273 g/mol. The lowest BCUT2D eigenvalue weighted by Crippen LogP contribution is -2.19. The molecule has 0 bridgehead atoms. The lowest BCUT2D eigenvalue weighted by Gasteiger charge is -2.10. The van der Waals surface area contributed by atoms with Crippen molar-refractivity contribution in [2.24, 2.45) is 5.92 Å². The van der Waals surface area contributed by atoms with Gasteiger partial charge in [-0.05, 0) is 43.4 Å². The maximum absolute atomic E-state index is 6.19. The fraction of sp³-hybridized carbons (Fsp3) is 0.556. The third-order valence-corrected chi connectivity index (χ3v) is 3.77. The number of furan rings is 1. The lowest BCUT2D eigenvalue weighted by atomic mass is 9.95. The van der Waals surface area contributed by atoms with Gasteiger partial charge in [0, 0.05) is 10.9 Å². The van der Waals surface area contributed by atoms with Crippen molar-refractivity contribution >= 4 is 11.0 Å². The van der Waals surface area contributed by atoms with Crippen molar-refractivity contribution in [2.75, 3.05) is 6.54 Å². The third kappa shape index (κ3) is 2.90. The fourth-order valence-electron chi connectivity index (χ4n) is 2.79. The van der Waals surface area contributed by atoms with Gasteiger partial charge in [0.15, 0.2) is 0 Å². The van der Waals surface area contributed by atoms with E-state index in [-0.39, 0.29) is 0 Å². The Kier molecular flexibility index (Phi) is 4.54. The molecule has 2 heteroatoms. The van der Waals surface area contributed by atoms with Crippen LogP contribution in [0.25, 0.3) is 11.0 Å². The minimum absolute atomic E-state index is 0.479. The minimum Gasteiger partial charge on any atom is -0.459 e. The first-order valence-corrected chi connectivity index (χ1v) is 7.64. The van der Waals surface area contributed by atoms with Gasteiger partial charge in [-0.3, -0.25) is 0 Å². The van der Waals surface area contributed by atoms with Gasteiger partial charge in [-0.1, -0.05) is 39.8 Å². The summed E-state index contributed by atoms with van der Waals surface area (Å²) < 4.78 is 6.19. The molecule has 0 saturated heterocycles. The van der Waals surface area contributed by atoms with Crippen molar-refractivity contribution in [3.63, 3.8) is 0 Å². The number of rotatable bonds is 5. The molecule has 0 fully saturated rings. The number of nitrogens with one attached hydrogen (secondary N) is 1. The highest BCUT2D eigenvalue weighted by atomic mass is 16.3. The van der Waals surface area contributed by atoms with Crippen LogP contribution in [0.15, 0.2) is 16.5 Å². The van der Waals surface area contributed by atoms with Crippen LogP contribution < -0.4 is 5.32 Å². The second-order valence-corrected chi connectivity index (χ2v) is 6.52. The van der Waals surface area contributed by atoms with Gasteiger partial charge in [0.1, 0.15) is 11.3 Å². The zero-order valence-corrected chi connectivity index (χ0v) is 13.6. The van der Waals surface area contributed by atoms with E-state index in [1.54, 1.807) is 0 Å². The number of fused-ring (bicyclic) bond motifs is 1. The molecule has 20 heavy (non-hydrogen) atoms. The fourth-order valence-corrected chi connectivity index (χ4v) is 2.79. The predicted molar refractivity (Wildman–Crippen MR) is 86.3 cm³/mol. The molecule has 0 amide bonds. The van der Waals surface area contributed by atoms with Crippen LogP contribution in [-0.4, -0.2) is 6.54 Å². The van der Waals surface area contributed by atoms with E-state index in [0.717, 1.165) is 24.4 Å². The molecular formula is C18H27NO. The molecule has 0 radical (unpaired) electrons. The van der Waals surface area contributed by atoms with Crippen LogP contribution in [0, 0.1) is 19.8 Å². The van der Waals surface area contributed by atoms with E-state index in [9.17, 15) is 0 Å². The summed E-state index contributed by atoms with van der Waals surface area (Å²) in [6, 6.07) is 4.35. The van der Waals surface area contributed by atoms with E-state index in [2.05, 4.69) is 59.0 Å². The van der Waals surface area contributed by atoms with Crippen LogP contribution >= 0.6 is 0 Å². The smallest absolute Gasteiger partial charge is 0.137 e. The van der Waals surface area contributed by atoms with Gasteiger partial charge in [0.05, 0.1) is 6.54 Å². The standard InChI is InChI=1S/C18H27NO/c1-11(2)9-19-10-15-16(12(3)4)17-13(5)7-8-14(6)18(17)20-15/h7-8,11-12,19H,9-10H2,1-6H3.